The summed E-state index contributed by atoms with van der Waals surface area (Å²) in [7, 11) is 1.56. The third-order valence-electron chi connectivity index (χ3n) is 6.99. The molecule has 1 N–H and O–H groups in total. The number of halogens is 3. The summed E-state index contributed by atoms with van der Waals surface area (Å²) in [6.45, 7) is 4.43. The molecule has 0 bridgehead atoms. The maximum Gasteiger partial charge on any atom is 0.573 e. The molecule has 1 fully saturated rings. The maximum absolute atomic E-state index is 12.8. The lowest BCUT2D eigenvalue weighted by atomic mass is 10.00. The first-order valence-corrected chi connectivity index (χ1v) is 15.4. The lowest BCUT2D eigenvalue weighted by Gasteiger charge is -2.22. The van der Waals surface area contributed by atoms with Gasteiger partial charge >= 0.3 is 12.4 Å². The lowest BCUT2D eigenvalue weighted by Crippen LogP contribution is -2.32. The minimum atomic E-state index is -4.76. The highest BCUT2D eigenvalue weighted by Gasteiger charge is 2.33. The second kappa shape index (κ2) is 14.1. The van der Waals surface area contributed by atoms with Gasteiger partial charge in [-0.1, -0.05) is 49.9 Å². The number of hydrogen-bond acceptors (Lipinski definition) is 7. The van der Waals surface area contributed by atoms with Crippen LogP contribution in [0.15, 0.2) is 78.0 Å². The molecule has 46 heavy (non-hydrogen) atoms. The molecule has 3 aromatic carbocycles. The number of carbonyl (C=O) groups is 2. The van der Waals surface area contributed by atoms with Gasteiger partial charge in [0.25, 0.3) is 0 Å². The number of carbonyl (C=O) groups excluding carboxylic acids is 2. The highest BCUT2D eigenvalue weighted by molar-refractivity contribution is 8.15. The number of hydrogen-bond donors (Lipinski definition) is 1. The van der Waals surface area contributed by atoms with Crippen LogP contribution < -0.4 is 19.7 Å². The van der Waals surface area contributed by atoms with Gasteiger partial charge in [0.1, 0.15) is 17.8 Å². The SMILES string of the molecule is COc1ccc(C(C)C)c(N2C(=O)CSC2=NC(=O)NCCCc2cccc(-c3ncn(-c4ccc(OC(F)(F)F)cc4)n3)c2)c1. The monoisotopic (exact) mass is 652 g/mol. The van der Waals surface area contributed by atoms with Crippen molar-refractivity contribution in [2.75, 3.05) is 24.3 Å². The second-order valence-corrected chi connectivity index (χ2v) is 11.5. The molecule has 0 spiro atoms. The Morgan fingerprint density at radius 2 is 1.85 bits per heavy atom. The van der Waals surface area contributed by atoms with Gasteiger partial charge in [0.2, 0.25) is 5.91 Å². The first-order valence-electron chi connectivity index (χ1n) is 14.4. The van der Waals surface area contributed by atoms with E-state index in [1.54, 1.807) is 13.2 Å². The molecule has 2 heterocycles. The second-order valence-electron chi connectivity index (χ2n) is 10.6. The quantitative estimate of drug-likeness (QED) is 0.189. The number of anilines is 1. The third kappa shape index (κ3) is 8.05. The smallest absolute Gasteiger partial charge is 0.497 e. The van der Waals surface area contributed by atoms with Crippen molar-refractivity contribution in [3.05, 3.63) is 84.2 Å². The van der Waals surface area contributed by atoms with Gasteiger partial charge < -0.3 is 14.8 Å². The molecule has 1 aliphatic rings. The summed E-state index contributed by atoms with van der Waals surface area (Å²) in [5, 5.41) is 7.59. The number of nitrogens with one attached hydrogen (secondary N) is 1. The summed E-state index contributed by atoms with van der Waals surface area (Å²) < 4.78 is 48.1. The van der Waals surface area contributed by atoms with E-state index < -0.39 is 12.4 Å². The van der Waals surface area contributed by atoms with Crippen molar-refractivity contribution in [1.82, 2.24) is 20.1 Å². The van der Waals surface area contributed by atoms with E-state index in [1.807, 2.05) is 50.2 Å². The van der Waals surface area contributed by atoms with Gasteiger partial charge in [-0.15, -0.1) is 18.3 Å². The van der Waals surface area contributed by atoms with Gasteiger partial charge in [-0.25, -0.2) is 14.5 Å². The van der Waals surface area contributed by atoms with Crippen LogP contribution in [-0.2, 0) is 11.2 Å². The van der Waals surface area contributed by atoms with E-state index >= 15 is 0 Å². The number of methoxy groups -OCH3 is 1. The zero-order valence-corrected chi connectivity index (χ0v) is 26.1. The van der Waals surface area contributed by atoms with E-state index in [-0.39, 0.29) is 23.3 Å². The number of amides is 3. The number of alkyl halides is 3. The summed E-state index contributed by atoms with van der Waals surface area (Å²) in [5.74, 6) is 0.908. The summed E-state index contributed by atoms with van der Waals surface area (Å²) in [5.41, 5.74) is 3.90. The fourth-order valence-electron chi connectivity index (χ4n) is 4.81. The summed E-state index contributed by atoms with van der Waals surface area (Å²) >= 11 is 1.22. The maximum atomic E-state index is 12.8. The molecule has 240 valence electrons. The summed E-state index contributed by atoms with van der Waals surface area (Å²) in [6, 6.07) is 18.0. The topological polar surface area (TPSA) is 111 Å². The molecule has 10 nitrogen and oxygen atoms in total. The van der Waals surface area contributed by atoms with Crippen LogP contribution in [0.5, 0.6) is 11.5 Å². The molecule has 4 aromatic rings. The number of urea groups is 1. The number of benzene rings is 3. The molecule has 1 aromatic heterocycles. The molecule has 0 unspecified atom stereocenters. The molecular formula is C32H31F3N6O4S. The van der Waals surface area contributed by atoms with Crippen LogP contribution >= 0.6 is 11.8 Å². The number of aromatic nitrogens is 3. The van der Waals surface area contributed by atoms with E-state index in [9.17, 15) is 22.8 Å². The van der Waals surface area contributed by atoms with E-state index in [0.717, 1.165) is 16.7 Å². The van der Waals surface area contributed by atoms with Crippen molar-refractivity contribution in [3.8, 4) is 28.6 Å². The normalized spacial score (nSPS) is 14.3. The number of aryl methyl sites for hydroxylation is 1. The van der Waals surface area contributed by atoms with Crippen molar-refractivity contribution in [2.24, 2.45) is 4.99 Å². The molecule has 0 aliphatic carbocycles. The number of thioether (sulfide) groups is 1. The molecule has 0 atom stereocenters. The average molecular weight is 653 g/mol. The first kappa shape index (κ1) is 32.5. The van der Waals surface area contributed by atoms with Crippen molar-refractivity contribution in [3.63, 3.8) is 0 Å². The molecule has 14 heteroatoms. The Morgan fingerprint density at radius 1 is 1.09 bits per heavy atom. The molecule has 5 rings (SSSR count). The predicted octanol–water partition coefficient (Wildman–Crippen LogP) is 6.74. The minimum Gasteiger partial charge on any atom is -0.497 e. The van der Waals surface area contributed by atoms with Gasteiger partial charge in [-0.2, -0.15) is 4.99 Å². The van der Waals surface area contributed by atoms with Gasteiger partial charge in [0, 0.05) is 18.2 Å². The predicted molar refractivity (Wildman–Crippen MR) is 170 cm³/mol. The van der Waals surface area contributed by atoms with Crippen LogP contribution in [-0.4, -0.2) is 57.6 Å². The zero-order valence-electron chi connectivity index (χ0n) is 25.2. The van der Waals surface area contributed by atoms with Crippen molar-refractivity contribution >= 4 is 34.6 Å². The first-order chi connectivity index (χ1) is 22.0. The Kier molecular flexibility index (Phi) is 9.95. The Balaban J connectivity index is 1.17. The van der Waals surface area contributed by atoms with Gasteiger partial charge in [-0.05, 0) is 66.3 Å². The van der Waals surface area contributed by atoms with E-state index in [4.69, 9.17) is 4.74 Å². The third-order valence-corrected chi connectivity index (χ3v) is 7.92. The lowest BCUT2D eigenvalue weighted by molar-refractivity contribution is -0.274. The average Bonchev–Trinajstić information content (AvgIpc) is 3.66. The van der Waals surface area contributed by atoms with Gasteiger partial charge in [-0.3, -0.25) is 9.69 Å². The number of aliphatic imine (C=N–C) groups is 1. The summed E-state index contributed by atoms with van der Waals surface area (Å²) in [4.78, 5) is 35.6. The van der Waals surface area contributed by atoms with E-state index in [1.165, 1.54) is 51.9 Å². The number of rotatable bonds is 10. The summed E-state index contributed by atoms with van der Waals surface area (Å²) in [6.07, 6.45) is -1.99. The van der Waals surface area contributed by atoms with Crippen LogP contribution in [0.25, 0.3) is 17.1 Å². The largest absolute Gasteiger partial charge is 0.573 e. The Bertz CT molecular complexity index is 1740. The minimum absolute atomic E-state index is 0.141. The number of amidine groups is 1. The van der Waals surface area contributed by atoms with Crippen LogP contribution in [0, 0.1) is 0 Å². The molecular weight excluding hydrogens is 621 g/mol. The molecule has 0 saturated carbocycles. The van der Waals surface area contributed by atoms with Gasteiger partial charge in [0.15, 0.2) is 11.0 Å². The highest BCUT2D eigenvalue weighted by Crippen LogP contribution is 2.36. The van der Waals surface area contributed by atoms with Gasteiger partial charge in [0.05, 0.1) is 24.2 Å². The Hall–Kier alpha value is -4.85. The highest BCUT2D eigenvalue weighted by atomic mass is 32.2. The fourth-order valence-corrected chi connectivity index (χ4v) is 5.67. The fraction of sp³-hybridized carbons (Fsp3) is 0.281. The van der Waals surface area contributed by atoms with Crippen molar-refractivity contribution in [2.45, 2.75) is 39.0 Å². The number of nitrogens with zero attached hydrogens (tertiary/aromatic N) is 5. The molecule has 3 amide bonds. The van der Waals surface area contributed by atoms with E-state index in [2.05, 4.69) is 25.1 Å². The standard InChI is InChI=1S/C32H31F3N6O4S/c1-20(2)26-14-13-25(44-3)17-27(26)41-28(42)18-46-31(41)38-30(43)36-15-5-7-21-6-4-8-22(16-21)29-37-19-40(39-29)23-9-11-24(12-10-23)45-32(33,34)35/h4,6,8-14,16-17,19-20H,5,7,15,18H2,1-3H3,(H,36,43). The zero-order chi connectivity index (χ0) is 32.8. The van der Waals surface area contributed by atoms with Crippen LogP contribution in [0.1, 0.15) is 37.3 Å². The number of ether oxygens (including phenoxy) is 2. The Labute approximate surface area is 267 Å². The molecule has 1 aliphatic heterocycles. The molecule has 1 saturated heterocycles. The van der Waals surface area contributed by atoms with Crippen molar-refractivity contribution in [1.29, 1.82) is 0 Å². The van der Waals surface area contributed by atoms with Crippen LogP contribution in [0.3, 0.4) is 0 Å². The van der Waals surface area contributed by atoms with Crippen LogP contribution in [0.4, 0.5) is 23.7 Å². The Morgan fingerprint density at radius 3 is 2.57 bits per heavy atom. The van der Waals surface area contributed by atoms with E-state index in [0.29, 0.717) is 47.5 Å². The van der Waals surface area contributed by atoms with Crippen LogP contribution in [0.2, 0.25) is 0 Å². The van der Waals surface area contributed by atoms with Crippen molar-refractivity contribution < 1.29 is 32.2 Å². The molecule has 0 radical (unpaired) electrons.